The van der Waals surface area contributed by atoms with Crippen LogP contribution in [0.3, 0.4) is 0 Å². The lowest BCUT2D eigenvalue weighted by Crippen LogP contribution is -2.28. The summed E-state index contributed by atoms with van der Waals surface area (Å²) in [5.41, 5.74) is 5.25. The molecule has 0 fully saturated rings. The molecular formula is C22H20N4OS. The third kappa shape index (κ3) is 3.51. The van der Waals surface area contributed by atoms with Crippen LogP contribution in [0.5, 0.6) is 0 Å². The number of hydrogen-bond acceptors (Lipinski definition) is 5. The summed E-state index contributed by atoms with van der Waals surface area (Å²) in [6.07, 6.45) is 3.15. The van der Waals surface area contributed by atoms with Crippen molar-refractivity contribution in [1.29, 1.82) is 0 Å². The molecule has 2 aromatic heterocycles. The number of para-hydroxylation sites is 1. The molecular weight excluding hydrogens is 368 g/mol. The molecule has 0 aliphatic carbocycles. The van der Waals surface area contributed by atoms with Crippen molar-refractivity contribution in [3.05, 3.63) is 77.2 Å². The van der Waals surface area contributed by atoms with Gasteiger partial charge in [-0.25, -0.2) is 15.0 Å². The number of hydrogen-bond donors (Lipinski definition) is 0. The second-order valence-electron chi connectivity index (χ2n) is 6.83. The zero-order chi connectivity index (χ0) is 19.7. The molecule has 0 saturated carbocycles. The minimum atomic E-state index is -0.165. The van der Waals surface area contributed by atoms with Crippen molar-refractivity contribution in [3.63, 3.8) is 0 Å². The molecule has 0 aliphatic rings. The molecule has 5 nitrogen and oxygen atoms in total. The van der Waals surface area contributed by atoms with Gasteiger partial charge in [0.1, 0.15) is 10.7 Å². The molecule has 0 spiro atoms. The Morgan fingerprint density at radius 1 is 1.07 bits per heavy atom. The van der Waals surface area contributed by atoms with Crippen LogP contribution in [0.1, 0.15) is 27.2 Å². The standard InChI is InChI=1S/C22H20N4OS/c1-14-8-9-16(15(2)12-14)13-26(3)22(27)20-19(23-10-11-24-20)21-25-17-6-4-5-7-18(17)28-21/h4-12H,13H2,1-3H3. The lowest BCUT2D eigenvalue weighted by molar-refractivity contribution is 0.0779. The van der Waals surface area contributed by atoms with E-state index in [-0.39, 0.29) is 5.91 Å². The molecule has 28 heavy (non-hydrogen) atoms. The summed E-state index contributed by atoms with van der Waals surface area (Å²) in [7, 11) is 1.79. The van der Waals surface area contributed by atoms with E-state index in [4.69, 9.17) is 0 Å². The highest BCUT2D eigenvalue weighted by molar-refractivity contribution is 7.21. The van der Waals surface area contributed by atoms with Gasteiger partial charge in [0.25, 0.3) is 5.91 Å². The molecule has 0 bridgehead atoms. The number of carbonyl (C=O) groups is 1. The van der Waals surface area contributed by atoms with Crippen molar-refractivity contribution in [1.82, 2.24) is 19.9 Å². The highest BCUT2D eigenvalue weighted by atomic mass is 32.1. The highest BCUT2D eigenvalue weighted by Crippen LogP contribution is 2.30. The maximum atomic E-state index is 13.1. The fraction of sp³-hybridized carbons (Fsp3) is 0.182. The van der Waals surface area contributed by atoms with Crippen LogP contribution in [0.15, 0.2) is 54.9 Å². The van der Waals surface area contributed by atoms with Gasteiger partial charge in [0.15, 0.2) is 5.69 Å². The van der Waals surface area contributed by atoms with E-state index in [0.29, 0.717) is 22.9 Å². The number of thiazole rings is 1. The average Bonchev–Trinajstić information content (AvgIpc) is 3.13. The molecule has 4 rings (SSSR count). The van der Waals surface area contributed by atoms with E-state index in [1.807, 2.05) is 24.3 Å². The van der Waals surface area contributed by atoms with Gasteiger partial charge in [-0.1, -0.05) is 35.9 Å². The minimum absolute atomic E-state index is 0.165. The predicted molar refractivity (Wildman–Crippen MR) is 112 cm³/mol. The first-order valence-corrected chi connectivity index (χ1v) is 9.83. The van der Waals surface area contributed by atoms with E-state index in [0.717, 1.165) is 15.8 Å². The van der Waals surface area contributed by atoms with Crippen LogP contribution in [0.2, 0.25) is 0 Å². The van der Waals surface area contributed by atoms with Gasteiger partial charge in [0.2, 0.25) is 0 Å². The molecule has 4 aromatic rings. The van der Waals surface area contributed by atoms with E-state index < -0.39 is 0 Å². The molecule has 0 N–H and O–H groups in total. The quantitative estimate of drug-likeness (QED) is 0.511. The number of rotatable bonds is 4. The molecule has 0 radical (unpaired) electrons. The monoisotopic (exact) mass is 388 g/mol. The van der Waals surface area contributed by atoms with Gasteiger partial charge in [-0.3, -0.25) is 4.79 Å². The molecule has 0 atom stereocenters. The Balaban J connectivity index is 1.66. The van der Waals surface area contributed by atoms with Crippen LogP contribution in [-0.4, -0.2) is 32.8 Å². The van der Waals surface area contributed by atoms with Crippen molar-refractivity contribution in [2.24, 2.45) is 0 Å². The van der Waals surface area contributed by atoms with Crippen molar-refractivity contribution in [2.45, 2.75) is 20.4 Å². The zero-order valence-corrected chi connectivity index (χ0v) is 16.8. The molecule has 0 unspecified atom stereocenters. The number of aromatic nitrogens is 3. The first-order valence-electron chi connectivity index (χ1n) is 9.01. The maximum absolute atomic E-state index is 13.1. The molecule has 1 amide bonds. The van der Waals surface area contributed by atoms with E-state index in [9.17, 15) is 4.79 Å². The Labute approximate surface area is 167 Å². The Hall–Kier alpha value is -3.12. The number of fused-ring (bicyclic) bond motifs is 1. The van der Waals surface area contributed by atoms with Crippen molar-refractivity contribution >= 4 is 27.5 Å². The van der Waals surface area contributed by atoms with Crippen LogP contribution in [0.25, 0.3) is 20.9 Å². The Morgan fingerprint density at radius 2 is 1.86 bits per heavy atom. The van der Waals surface area contributed by atoms with Crippen LogP contribution in [0.4, 0.5) is 0 Å². The molecule has 0 aliphatic heterocycles. The molecule has 6 heteroatoms. The summed E-state index contributed by atoms with van der Waals surface area (Å²) in [6, 6.07) is 14.2. The summed E-state index contributed by atoms with van der Waals surface area (Å²) in [6.45, 7) is 4.64. The smallest absolute Gasteiger partial charge is 0.274 e. The van der Waals surface area contributed by atoms with Gasteiger partial charge in [-0.15, -0.1) is 11.3 Å². The Kier molecular flexibility index (Phi) is 4.88. The van der Waals surface area contributed by atoms with E-state index in [1.54, 1.807) is 24.3 Å². The van der Waals surface area contributed by atoms with E-state index in [2.05, 4.69) is 47.0 Å². The second kappa shape index (κ2) is 7.48. The van der Waals surface area contributed by atoms with Gasteiger partial charge >= 0.3 is 0 Å². The fourth-order valence-electron chi connectivity index (χ4n) is 3.16. The fourth-order valence-corrected chi connectivity index (χ4v) is 4.12. The first-order chi connectivity index (χ1) is 13.5. The molecule has 0 saturated heterocycles. The number of amides is 1. The van der Waals surface area contributed by atoms with Gasteiger partial charge in [-0.2, -0.15) is 0 Å². The average molecular weight is 388 g/mol. The second-order valence-corrected chi connectivity index (χ2v) is 7.86. The third-order valence-electron chi connectivity index (χ3n) is 4.65. The lowest BCUT2D eigenvalue weighted by atomic mass is 10.1. The van der Waals surface area contributed by atoms with Gasteiger partial charge in [-0.05, 0) is 37.1 Å². The molecule has 2 heterocycles. The van der Waals surface area contributed by atoms with Crippen molar-refractivity contribution in [2.75, 3.05) is 7.05 Å². The first kappa shape index (κ1) is 18.3. The van der Waals surface area contributed by atoms with Gasteiger partial charge in [0, 0.05) is 26.0 Å². The number of aryl methyl sites for hydroxylation is 2. The van der Waals surface area contributed by atoms with Crippen LogP contribution in [-0.2, 0) is 6.54 Å². The summed E-state index contributed by atoms with van der Waals surface area (Å²) in [5, 5.41) is 0.706. The third-order valence-corrected chi connectivity index (χ3v) is 5.69. The van der Waals surface area contributed by atoms with Crippen molar-refractivity contribution in [3.8, 4) is 10.7 Å². The molecule has 2 aromatic carbocycles. The lowest BCUT2D eigenvalue weighted by Gasteiger charge is -2.19. The number of carbonyl (C=O) groups excluding carboxylic acids is 1. The SMILES string of the molecule is Cc1ccc(CN(C)C(=O)c2nccnc2-c2nc3ccccc3s2)c(C)c1. The maximum Gasteiger partial charge on any atom is 0.274 e. The zero-order valence-electron chi connectivity index (χ0n) is 16.0. The van der Waals surface area contributed by atoms with Crippen LogP contribution < -0.4 is 0 Å². The van der Waals surface area contributed by atoms with Gasteiger partial charge in [0.05, 0.1) is 10.2 Å². The highest BCUT2D eigenvalue weighted by Gasteiger charge is 2.22. The van der Waals surface area contributed by atoms with Gasteiger partial charge < -0.3 is 4.90 Å². The van der Waals surface area contributed by atoms with Crippen LogP contribution >= 0.6 is 11.3 Å². The summed E-state index contributed by atoms with van der Waals surface area (Å²) >= 11 is 1.52. The largest absolute Gasteiger partial charge is 0.336 e. The molecule has 140 valence electrons. The Morgan fingerprint density at radius 3 is 2.64 bits per heavy atom. The summed E-state index contributed by atoms with van der Waals surface area (Å²) < 4.78 is 1.06. The summed E-state index contributed by atoms with van der Waals surface area (Å²) in [4.78, 5) is 28.2. The minimum Gasteiger partial charge on any atom is -0.336 e. The summed E-state index contributed by atoms with van der Waals surface area (Å²) in [5.74, 6) is -0.165. The number of benzene rings is 2. The van der Waals surface area contributed by atoms with Crippen molar-refractivity contribution < 1.29 is 4.79 Å². The normalized spacial score (nSPS) is 11.0. The Bertz CT molecular complexity index is 1140. The van der Waals surface area contributed by atoms with E-state index >= 15 is 0 Å². The number of nitrogens with zero attached hydrogens (tertiary/aromatic N) is 4. The predicted octanol–water partition coefficient (Wildman–Crippen LogP) is 4.64. The van der Waals surface area contributed by atoms with E-state index in [1.165, 1.54) is 22.5 Å². The topological polar surface area (TPSA) is 59.0 Å². The van der Waals surface area contributed by atoms with Crippen LogP contribution in [0, 0.1) is 13.8 Å².